The van der Waals surface area contributed by atoms with Crippen molar-refractivity contribution in [3.63, 3.8) is 0 Å². The maximum Gasteiger partial charge on any atom is 0.161 e. The number of nitrogens with one attached hydrogen (secondary N) is 1. The van der Waals surface area contributed by atoms with Crippen LogP contribution in [0.25, 0.3) is 0 Å². The lowest BCUT2D eigenvalue weighted by Gasteiger charge is -2.00. The molecule has 1 aromatic carbocycles. The first kappa shape index (κ1) is 11.8. The summed E-state index contributed by atoms with van der Waals surface area (Å²) in [6.07, 6.45) is 0.974. The number of halogens is 1. The van der Waals surface area contributed by atoms with Gasteiger partial charge in [0.05, 0.1) is 0 Å². The Morgan fingerprint density at radius 2 is 2.00 bits per heavy atom. The summed E-state index contributed by atoms with van der Waals surface area (Å²) in [6, 6.07) is 7.81. The first-order valence-electron chi connectivity index (χ1n) is 4.06. The van der Waals surface area contributed by atoms with E-state index in [0.29, 0.717) is 0 Å². The molecule has 5 heteroatoms. The first-order chi connectivity index (χ1) is 6.68. The molecule has 2 nitrogen and oxygen atoms in total. The molecule has 0 heterocycles. The zero-order chi connectivity index (χ0) is 10.4. The Kier molecular flexibility index (Phi) is 5.22. The Morgan fingerprint density at radius 3 is 2.57 bits per heavy atom. The maximum atomic E-state index is 7.01. The minimum absolute atomic E-state index is 0.158. The van der Waals surface area contributed by atoms with E-state index in [1.54, 1.807) is 10.8 Å². The van der Waals surface area contributed by atoms with Crippen LogP contribution in [0.4, 0.5) is 0 Å². The van der Waals surface area contributed by atoms with Crippen LogP contribution in [0.3, 0.4) is 0 Å². The van der Waals surface area contributed by atoms with Gasteiger partial charge in [-0.2, -0.15) is 0 Å². The van der Waals surface area contributed by atoms with Gasteiger partial charge in [-0.3, -0.25) is 5.41 Å². The van der Waals surface area contributed by atoms with Crippen molar-refractivity contribution in [3.05, 3.63) is 34.9 Å². The second-order valence-corrected chi connectivity index (χ2v) is 5.54. The number of aryl methyl sites for hydroxylation is 1. The number of amidine groups is 1. The molecular formula is C9H11ClN2S2. The van der Waals surface area contributed by atoms with Gasteiger partial charge in [0.1, 0.15) is 0 Å². The van der Waals surface area contributed by atoms with E-state index in [1.807, 2.05) is 24.3 Å². The van der Waals surface area contributed by atoms with Crippen LogP contribution >= 0.6 is 33.2 Å². The van der Waals surface area contributed by atoms with Crippen molar-refractivity contribution in [2.45, 2.75) is 6.42 Å². The average molecular weight is 247 g/mol. The second kappa shape index (κ2) is 6.22. The molecule has 0 aliphatic rings. The van der Waals surface area contributed by atoms with Gasteiger partial charge in [0.25, 0.3) is 0 Å². The van der Waals surface area contributed by atoms with Crippen molar-refractivity contribution < 1.29 is 0 Å². The Labute approximate surface area is 96.5 Å². The molecular weight excluding hydrogens is 236 g/mol. The molecule has 0 atom stereocenters. The van der Waals surface area contributed by atoms with E-state index in [2.05, 4.69) is 0 Å². The summed E-state index contributed by atoms with van der Waals surface area (Å²) in [4.78, 5) is 0. The highest BCUT2D eigenvalue weighted by Gasteiger charge is 1.95. The largest absolute Gasteiger partial charge is 0.378 e. The lowest BCUT2D eigenvalue weighted by molar-refractivity contribution is 1.16. The summed E-state index contributed by atoms with van der Waals surface area (Å²) in [5.41, 5.74) is 6.46. The minimum atomic E-state index is 0.158. The summed E-state index contributed by atoms with van der Waals surface area (Å²) in [5, 5.41) is 7.93. The van der Waals surface area contributed by atoms with Gasteiger partial charge < -0.3 is 5.73 Å². The molecule has 14 heavy (non-hydrogen) atoms. The standard InChI is InChI=1S/C9H11ClN2S2/c10-8-3-1-7(2-4-8)5-6-13-14-9(11)12/h1-4H,5-6H2,(H3,11,12). The Bertz CT molecular complexity index is 300. The third-order valence-electron chi connectivity index (χ3n) is 1.54. The molecule has 0 unspecified atom stereocenters. The van der Waals surface area contributed by atoms with Gasteiger partial charge in [0.2, 0.25) is 0 Å². The topological polar surface area (TPSA) is 49.9 Å². The predicted molar refractivity (Wildman–Crippen MR) is 67.1 cm³/mol. The van der Waals surface area contributed by atoms with Crippen LogP contribution in [-0.4, -0.2) is 10.9 Å². The van der Waals surface area contributed by atoms with Crippen LogP contribution in [0.5, 0.6) is 0 Å². The molecule has 0 fully saturated rings. The van der Waals surface area contributed by atoms with Gasteiger partial charge in [0, 0.05) is 10.8 Å². The third kappa shape index (κ3) is 4.79. The second-order valence-electron chi connectivity index (χ2n) is 2.65. The lowest BCUT2D eigenvalue weighted by Crippen LogP contribution is -2.01. The summed E-state index contributed by atoms with van der Waals surface area (Å²) >= 11 is 5.76. The van der Waals surface area contributed by atoms with E-state index in [1.165, 1.54) is 16.4 Å². The van der Waals surface area contributed by atoms with Gasteiger partial charge in [-0.05, 0) is 34.9 Å². The molecule has 0 spiro atoms. The van der Waals surface area contributed by atoms with Crippen molar-refractivity contribution in [2.75, 3.05) is 5.75 Å². The van der Waals surface area contributed by atoms with Crippen LogP contribution in [0.2, 0.25) is 5.02 Å². The lowest BCUT2D eigenvalue weighted by atomic mass is 10.2. The van der Waals surface area contributed by atoms with Gasteiger partial charge in [-0.15, -0.1) is 0 Å². The van der Waals surface area contributed by atoms with Crippen LogP contribution in [0.15, 0.2) is 24.3 Å². The molecule has 0 bridgehead atoms. The fraction of sp³-hybridized carbons (Fsp3) is 0.222. The Balaban J connectivity index is 2.25. The first-order valence-corrected chi connectivity index (χ1v) is 6.76. The fourth-order valence-electron chi connectivity index (χ4n) is 0.916. The smallest absolute Gasteiger partial charge is 0.161 e. The molecule has 0 amide bonds. The van der Waals surface area contributed by atoms with Crippen molar-refractivity contribution in [1.29, 1.82) is 5.41 Å². The molecule has 76 valence electrons. The number of hydrogen-bond acceptors (Lipinski definition) is 3. The highest BCUT2D eigenvalue weighted by atomic mass is 35.5. The van der Waals surface area contributed by atoms with Gasteiger partial charge in [-0.1, -0.05) is 34.5 Å². The fourth-order valence-corrected chi connectivity index (χ4v) is 2.45. The number of nitrogens with two attached hydrogens (primary N) is 1. The molecule has 0 saturated heterocycles. The van der Waals surface area contributed by atoms with Crippen molar-refractivity contribution in [1.82, 2.24) is 0 Å². The molecule has 1 aromatic rings. The Hall–Kier alpha value is -0.320. The number of benzene rings is 1. The van der Waals surface area contributed by atoms with E-state index in [9.17, 15) is 0 Å². The third-order valence-corrected chi connectivity index (χ3v) is 3.85. The molecule has 3 N–H and O–H groups in total. The normalized spacial score (nSPS) is 10.1. The molecule has 0 aromatic heterocycles. The van der Waals surface area contributed by atoms with Crippen molar-refractivity contribution in [2.24, 2.45) is 5.73 Å². The quantitative estimate of drug-likeness (QED) is 0.371. The zero-order valence-corrected chi connectivity index (χ0v) is 9.88. The molecule has 0 saturated carbocycles. The van der Waals surface area contributed by atoms with E-state index < -0.39 is 0 Å². The summed E-state index contributed by atoms with van der Waals surface area (Å²) in [7, 11) is 2.90. The Morgan fingerprint density at radius 1 is 1.36 bits per heavy atom. The van der Waals surface area contributed by atoms with Crippen molar-refractivity contribution >= 4 is 38.4 Å². The van der Waals surface area contributed by atoms with Crippen LogP contribution in [0, 0.1) is 5.41 Å². The highest BCUT2D eigenvalue weighted by molar-refractivity contribution is 8.82. The SMILES string of the molecule is N=C(N)SSCCc1ccc(Cl)cc1. The van der Waals surface area contributed by atoms with Gasteiger partial charge in [0.15, 0.2) is 5.17 Å². The summed E-state index contributed by atoms with van der Waals surface area (Å²) in [6.45, 7) is 0. The monoisotopic (exact) mass is 246 g/mol. The summed E-state index contributed by atoms with van der Waals surface area (Å²) in [5.74, 6) is 0.950. The molecule has 0 radical (unpaired) electrons. The van der Waals surface area contributed by atoms with Gasteiger partial charge in [-0.25, -0.2) is 0 Å². The average Bonchev–Trinajstić information content (AvgIpc) is 2.15. The van der Waals surface area contributed by atoms with E-state index in [4.69, 9.17) is 22.7 Å². The molecule has 0 aliphatic heterocycles. The van der Waals surface area contributed by atoms with Crippen LogP contribution < -0.4 is 5.73 Å². The predicted octanol–water partition coefficient (Wildman–Crippen LogP) is 3.16. The number of rotatable bonds is 4. The van der Waals surface area contributed by atoms with Crippen LogP contribution in [-0.2, 0) is 6.42 Å². The van der Waals surface area contributed by atoms with Gasteiger partial charge >= 0.3 is 0 Å². The maximum absolute atomic E-state index is 7.01. The van der Waals surface area contributed by atoms with Crippen LogP contribution in [0.1, 0.15) is 5.56 Å². The number of hydrogen-bond donors (Lipinski definition) is 2. The van der Waals surface area contributed by atoms with E-state index >= 15 is 0 Å². The molecule has 1 rings (SSSR count). The van der Waals surface area contributed by atoms with E-state index in [0.717, 1.165) is 17.2 Å². The molecule has 0 aliphatic carbocycles. The van der Waals surface area contributed by atoms with E-state index in [-0.39, 0.29) is 5.17 Å². The zero-order valence-electron chi connectivity index (χ0n) is 7.50. The summed E-state index contributed by atoms with van der Waals surface area (Å²) < 4.78 is 0. The van der Waals surface area contributed by atoms with Crippen molar-refractivity contribution in [3.8, 4) is 0 Å². The minimum Gasteiger partial charge on any atom is -0.378 e. The highest BCUT2D eigenvalue weighted by Crippen LogP contribution is 2.21.